The van der Waals surface area contributed by atoms with E-state index in [1.54, 1.807) is 0 Å². The van der Waals surface area contributed by atoms with Crippen LogP contribution < -0.4 is 5.32 Å². The van der Waals surface area contributed by atoms with Crippen LogP contribution in [0.15, 0.2) is 0 Å². The SMILES string of the molecule is CCCCCCCCCCCCCCCCCCC(O)C(CO)NC(=O)CC(CCCCCCCCCCCCC)OC(=O)CCCCCCCCCCC. The number of esters is 1. The summed E-state index contributed by atoms with van der Waals surface area (Å²) in [6, 6.07) is -0.691. The molecule has 1 amide bonds. The number of carbonyl (C=O) groups excluding carboxylic acids is 2. The highest BCUT2D eigenvalue weighted by Gasteiger charge is 2.24. The summed E-state index contributed by atoms with van der Waals surface area (Å²) in [5, 5.41) is 23.7. The molecule has 0 fully saturated rings. The van der Waals surface area contributed by atoms with Gasteiger partial charge in [0.05, 0.1) is 25.2 Å². The van der Waals surface area contributed by atoms with Gasteiger partial charge in [0.2, 0.25) is 5.91 Å². The van der Waals surface area contributed by atoms with E-state index in [4.69, 9.17) is 4.74 Å². The van der Waals surface area contributed by atoms with Crippen LogP contribution in [0.4, 0.5) is 0 Å². The van der Waals surface area contributed by atoms with Crippen molar-refractivity contribution in [2.45, 2.75) is 296 Å². The largest absolute Gasteiger partial charge is 0.462 e. The molecule has 0 spiro atoms. The number of nitrogens with one attached hydrogen (secondary N) is 1. The first-order valence-corrected chi connectivity index (χ1v) is 24.8. The maximum absolute atomic E-state index is 13.1. The number of unbranched alkanes of at least 4 members (excludes halogenated alkanes) is 33. The number of amides is 1. The molecule has 3 unspecified atom stereocenters. The molecule has 0 saturated carbocycles. The molecule has 0 aliphatic heterocycles. The minimum Gasteiger partial charge on any atom is -0.462 e. The Kier molecular flexibility index (Phi) is 43.1. The lowest BCUT2D eigenvalue weighted by Gasteiger charge is -2.24. The number of aliphatic hydroxyl groups is 2. The van der Waals surface area contributed by atoms with Crippen molar-refractivity contribution in [2.24, 2.45) is 0 Å². The highest BCUT2D eigenvalue weighted by Crippen LogP contribution is 2.18. The van der Waals surface area contributed by atoms with Crippen molar-refractivity contribution >= 4 is 11.9 Å². The van der Waals surface area contributed by atoms with E-state index in [2.05, 4.69) is 26.1 Å². The number of ether oxygens (including phenoxy) is 1. The van der Waals surface area contributed by atoms with Gasteiger partial charge in [-0.05, 0) is 25.7 Å². The molecule has 0 heterocycles. The van der Waals surface area contributed by atoms with Crippen molar-refractivity contribution in [1.29, 1.82) is 0 Å². The molecule has 0 aromatic heterocycles. The van der Waals surface area contributed by atoms with Crippen molar-refractivity contribution in [3.63, 3.8) is 0 Å². The van der Waals surface area contributed by atoms with Crippen molar-refractivity contribution in [2.75, 3.05) is 6.61 Å². The van der Waals surface area contributed by atoms with Crippen LogP contribution in [-0.4, -0.2) is 46.9 Å². The molecule has 0 bridgehead atoms. The summed E-state index contributed by atoms with van der Waals surface area (Å²) in [5.74, 6) is -0.458. The molecule has 6 heteroatoms. The van der Waals surface area contributed by atoms with Gasteiger partial charge in [-0.3, -0.25) is 9.59 Å². The Morgan fingerprint density at radius 2 is 0.764 bits per heavy atom. The Bertz CT molecular complexity index is 791. The first-order chi connectivity index (χ1) is 27.0. The second-order valence-corrected chi connectivity index (χ2v) is 17.2. The van der Waals surface area contributed by atoms with Crippen molar-refractivity contribution in [1.82, 2.24) is 5.32 Å². The van der Waals surface area contributed by atoms with E-state index in [-0.39, 0.29) is 24.9 Å². The van der Waals surface area contributed by atoms with E-state index in [0.717, 1.165) is 44.9 Å². The van der Waals surface area contributed by atoms with Crippen LogP contribution in [0.2, 0.25) is 0 Å². The number of aliphatic hydroxyl groups excluding tert-OH is 2. The first kappa shape index (κ1) is 53.9. The van der Waals surface area contributed by atoms with Crippen molar-refractivity contribution < 1.29 is 24.5 Å². The fraction of sp³-hybridized carbons (Fsp3) is 0.959. The summed E-state index contributed by atoms with van der Waals surface area (Å²) in [5.41, 5.74) is 0. The Morgan fingerprint density at radius 1 is 0.455 bits per heavy atom. The normalized spacial score (nSPS) is 13.2. The number of rotatable bonds is 45. The van der Waals surface area contributed by atoms with E-state index < -0.39 is 18.2 Å². The van der Waals surface area contributed by atoms with Gasteiger partial charge in [0, 0.05) is 6.42 Å². The van der Waals surface area contributed by atoms with Crippen LogP contribution in [0.5, 0.6) is 0 Å². The van der Waals surface area contributed by atoms with Gasteiger partial charge >= 0.3 is 5.97 Å². The molecule has 0 radical (unpaired) electrons. The summed E-state index contributed by atoms with van der Waals surface area (Å²) in [7, 11) is 0. The van der Waals surface area contributed by atoms with Gasteiger partial charge in [-0.2, -0.15) is 0 Å². The van der Waals surface area contributed by atoms with E-state index >= 15 is 0 Å². The molecule has 55 heavy (non-hydrogen) atoms. The quantitative estimate of drug-likeness (QED) is 0.0422. The fourth-order valence-corrected chi connectivity index (χ4v) is 7.90. The van der Waals surface area contributed by atoms with Crippen LogP contribution in [0.1, 0.15) is 278 Å². The lowest BCUT2D eigenvalue weighted by molar-refractivity contribution is -0.151. The highest BCUT2D eigenvalue weighted by molar-refractivity contribution is 5.77. The Balaban J connectivity index is 4.42. The molecule has 328 valence electrons. The van der Waals surface area contributed by atoms with E-state index in [1.807, 2.05) is 0 Å². The van der Waals surface area contributed by atoms with Crippen molar-refractivity contribution in [3.05, 3.63) is 0 Å². The second kappa shape index (κ2) is 44.0. The molecule has 0 aliphatic rings. The Morgan fingerprint density at radius 3 is 1.11 bits per heavy atom. The molecule has 0 aliphatic carbocycles. The number of carbonyl (C=O) groups is 2. The lowest BCUT2D eigenvalue weighted by atomic mass is 10.0. The molecule has 6 nitrogen and oxygen atoms in total. The Hall–Kier alpha value is -1.14. The third-order valence-electron chi connectivity index (χ3n) is 11.7. The number of hydrogen-bond donors (Lipinski definition) is 3. The summed E-state index contributed by atoms with van der Waals surface area (Å²) in [6.45, 7) is 6.48. The third kappa shape index (κ3) is 39.5. The lowest BCUT2D eigenvalue weighted by Crippen LogP contribution is -2.46. The average Bonchev–Trinajstić information content (AvgIpc) is 3.18. The summed E-state index contributed by atoms with van der Waals surface area (Å²) in [6.07, 6.45) is 45.9. The average molecular weight is 780 g/mol. The standard InChI is InChI=1S/C49H97NO5/c1-4-7-10-13-16-19-21-22-23-24-25-27-30-32-35-38-41-47(52)46(44-51)50-48(53)43-45(40-37-34-31-29-26-20-17-14-11-8-5-2)55-49(54)42-39-36-33-28-18-15-12-9-6-3/h45-47,51-52H,4-44H2,1-3H3,(H,50,53). The minimum atomic E-state index is -0.778. The van der Waals surface area contributed by atoms with Gasteiger partial charge in [0.1, 0.15) is 6.10 Å². The van der Waals surface area contributed by atoms with E-state index in [0.29, 0.717) is 19.3 Å². The van der Waals surface area contributed by atoms with E-state index in [9.17, 15) is 19.8 Å². The topological polar surface area (TPSA) is 95.9 Å². The molecular formula is C49H97NO5. The molecule has 0 saturated heterocycles. The zero-order valence-electron chi connectivity index (χ0n) is 37.3. The van der Waals surface area contributed by atoms with Gasteiger partial charge in [0.25, 0.3) is 0 Å². The maximum Gasteiger partial charge on any atom is 0.306 e. The summed E-state index contributed by atoms with van der Waals surface area (Å²) >= 11 is 0. The predicted molar refractivity (Wildman–Crippen MR) is 237 cm³/mol. The second-order valence-electron chi connectivity index (χ2n) is 17.2. The number of hydrogen-bond acceptors (Lipinski definition) is 5. The van der Waals surface area contributed by atoms with E-state index in [1.165, 1.54) is 186 Å². The third-order valence-corrected chi connectivity index (χ3v) is 11.7. The highest BCUT2D eigenvalue weighted by atomic mass is 16.5. The van der Waals surface area contributed by atoms with Gasteiger partial charge in [-0.25, -0.2) is 0 Å². The van der Waals surface area contributed by atoms with Crippen LogP contribution in [0.25, 0.3) is 0 Å². The van der Waals surface area contributed by atoms with Crippen LogP contribution in [0, 0.1) is 0 Å². The fourth-order valence-electron chi connectivity index (χ4n) is 7.90. The smallest absolute Gasteiger partial charge is 0.306 e. The molecule has 0 rings (SSSR count). The van der Waals surface area contributed by atoms with Gasteiger partial charge in [0.15, 0.2) is 0 Å². The monoisotopic (exact) mass is 780 g/mol. The summed E-state index contributed by atoms with van der Waals surface area (Å²) in [4.78, 5) is 26.0. The molecule has 0 aromatic rings. The molecule has 3 atom stereocenters. The first-order valence-electron chi connectivity index (χ1n) is 24.8. The van der Waals surface area contributed by atoms with Crippen LogP contribution >= 0.6 is 0 Å². The van der Waals surface area contributed by atoms with Gasteiger partial charge in [-0.15, -0.1) is 0 Å². The maximum atomic E-state index is 13.1. The Labute approximate surface area is 343 Å². The molecule has 3 N–H and O–H groups in total. The van der Waals surface area contributed by atoms with Crippen LogP contribution in [0.3, 0.4) is 0 Å². The molecule has 0 aromatic carbocycles. The predicted octanol–water partition coefficient (Wildman–Crippen LogP) is 14.4. The van der Waals surface area contributed by atoms with Gasteiger partial charge < -0.3 is 20.3 Å². The van der Waals surface area contributed by atoms with Gasteiger partial charge in [-0.1, -0.05) is 239 Å². The minimum absolute atomic E-state index is 0.0868. The van der Waals surface area contributed by atoms with Crippen LogP contribution in [-0.2, 0) is 14.3 Å². The van der Waals surface area contributed by atoms with Crippen molar-refractivity contribution in [3.8, 4) is 0 Å². The molecular weight excluding hydrogens is 683 g/mol. The summed E-state index contributed by atoms with van der Waals surface area (Å²) < 4.78 is 5.90. The zero-order valence-corrected chi connectivity index (χ0v) is 37.3. The zero-order chi connectivity index (χ0) is 40.3.